The van der Waals surface area contributed by atoms with E-state index in [2.05, 4.69) is 10.6 Å². The van der Waals surface area contributed by atoms with Crippen LogP contribution in [0.25, 0.3) is 0 Å². The fourth-order valence-corrected chi connectivity index (χ4v) is 2.59. The average molecular weight is 387 g/mol. The van der Waals surface area contributed by atoms with E-state index >= 15 is 0 Å². The molecule has 4 nitrogen and oxygen atoms in total. The van der Waals surface area contributed by atoms with Crippen molar-refractivity contribution in [3.05, 3.63) is 82.8 Å². The first-order chi connectivity index (χ1) is 12.6. The normalized spacial score (nSPS) is 10.2. The van der Waals surface area contributed by atoms with Crippen molar-refractivity contribution >= 4 is 46.2 Å². The number of benzene rings is 3. The smallest absolute Gasteiger partial charge is 0.262 e. The van der Waals surface area contributed by atoms with Gasteiger partial charge in [-0.15, -0.1) is 0 Å². The maximum atomic E-state index is 12.0. The van der Waals surface area contributed by atoms with Gasteiger partial charge in [0.1, 0.15) is 5.75 Å². The van der Waals surface area contributed by atoms with Crippen LogP contribution in [-0.4, -0.2) is 12.5 Å². The van der Waals surface area contributed by atoms with Gasteiger partial charge in [0.2, 0.25) is 0 Å². The van der Waals surface area contributed by atoms with Crippen LogP contribution in [-0.2, 0) is 4.79 Å². The molecule has 0 bridgehead atoms. The molecule has 0 aliphatic rings. The number of carbonyl (C=O) groups excluding carboxylic acids is 1. The molecule has 0 unspecified atom stereocenters. The summed E-state index contributed by atoms with van der Waals surface area (Å²) in [4.78, 5) is 12.0. The highest BCUT2D eigenvalue weighted by atomic mass is 35.5. The van der Waals surface area contributed by atoms with Crippen LogP contribution in [0.4, 0.5) is 17.1 Å². The second-order valence-electron chi connectivity index (χ2n) is 5.48. The van der Waals surface area contributed by atoms with Gasteiger partial charge in [0.05, 0.1) is 5.02 Å². The third-order valence-electron chi connectivity index (χ3n) is 3.48. The highest BCUT2D eigenvalue weighted by molar-refractivity contribution is 6.34. The van der Waals surface area contributed by atoms with Gasteiger partial charge in [-0.05, 0) is 48.5 Å². The monoisotopic (exact) mass is 386 g/mol. The molecular weight excluding hydrogens is 371 g/mol. The quantitative estimate of drug-likeness (QED) is 0.566. The standard InChI is InChI=1S/C20H16Cl2N2O2/c21-14-6-11-18(22)19(12-14)26-13-20(25)24-17-9-7-16(8-10-17)23-15-4-2-1-3-5-15/h1-12,23H,13H2,(H,24,25). The second-order valence-corrected chi connectivity index (χ2v) is 6.32. The van der Waals surface area contributed by atoms with E-state index in [1.807, 2.05) is 54.6 Å². The first kappa shape index (κ1) is 18.1. The maximum absolute atomic E-state index is 12.0. The molecule has 0 saturated heterocycles. The van der Waals surface area contributed by atoms with Crippen LogP contribution in [0.5, 0.6) is 5.75 Å². The SMILES string of the molecule is O=C(COc1cc(Cl)ccc1Cl)Nc1ccc(Nc2ccccc2)cc1. The number of nitrogens with one attached hydrogen (secondary N) is 2. The van der Waals surface area contributed by atoms with Gasteiger partial charge in [-0.2, -0.15) is 0 Å². The van der Waals surface area contributed by atoms with Crippen LogP contribution in [0.15, 0.2) is 72.8 Å². The lowest BCUT2D eigenvalue weighted by Gasteiger charge is -2.10. The molecule has 1 amide bonds. The number of ether oxygens (including phenoxy) is 1. The molecular formula is C20H16Cl2N2O2. The number of hydrogen-bond acceptors (Lipinski definition) is 3. The predicted molar refractivity (Wildman–Crippen MR) is 107 cm³/mol. The second kappa shape index (κ2) is 8.61. The molecule has 0 atom stereocenters. The summed E-state index contributed by atoms with van der Waals surface area (Å²) in [6.07, 6.45) is 0. The summed E-state index contributed by atoms with van der Waals surface area (Å²) in [5.41, 5.74) is 2.60. The lowest BCUT2D eigenvalue weighted by Crippen LogP contribution is -2.20. The summed E-state index contributed by atoms with van der Waals surface area (Å²) in [7, 11) is 0. The summed E-state index contributed by atoms with van der Waals surface area (Å²) in [5.74, 6) is 0.0848. The first-order valence-electron chi connectivity index (χ1n) is 7.90. The molecule has 132 valence electrons. The Morgan fingerprint density at radius 3 is 2.23 bits per heavy atom. The minimum absolute atomic E-state index is 0.163. The van der Waals surface area contributed by atoms with Crippen molar-refractivity contribution in [1.82, 2.24) is 0 Å². The largest absolute Gasteiger partial charge is 0.482 e. The molecule has 3 rings (SSSR count). The van der Waals surface area contributed by atoms with Gasteiger partial charge in [0.15, 0.2) is 6.61 Å². The number of halogens is 2. The van der Waals surface area contributed by atoms with E-state index < -0.39 is 0 Å². The van der Waals surface area contributed by atoms with Crippen LogP contribution in [0.2, 0.25) is 10.0 Å². The molecule has 0 spiro atoms. The van der Waals surface area contributed by atoms with E-state index in [4.69, 9.17) is 27.9 Å². The summed E-state index contributed by atoms with van der Waals surface area (Å²) in [6.45, 7) is -0.163. The van der Waals surface area contributed by atoms with Gasteiger partial charge < -0.3 is 15.4 Å². The highest BCUT2D eigenvalue weighted by Gasteiger charge is 2.07. The van der Waals surface area contributed by atoms with Crippen molar-refractivity contribution in [2.24, 2.45) is 0 Å². The summed E-state index contributed by atoms with van der Waals surface area (Å²) >= 11 is 11.9. The molecule has 0 radical (unpaired) electrons. The molecule has 0 aliphatic carbocycles. The van der Waals surface area contributed by atoms with E-state index in [-0.39, 0.29) is 12.5 Å². The topological polar surface area (TPSA) is 50.4 Å². The Morgan fingerprint density at radius 2 is 1.50 bits per heavy atom. The van der Waals surface area contributed by atoms with Crippen molar-refractivity contribution in [3.63, 3.8) is 0 Å². The Morgan fingerprint density at radius 1 is 0.846 bits per heavy atom. The molecule has 2 N–H and O–H groups in total. The number of para-hydroxylation sites is 1. The van der Waals surface area contributed by atoms with Crippen molar-refractivity contribution in [3.8, 4) is 5.75 Å². The minimum atomic E-state index is -0.287. The van der Waals surface area contributed by atoms with Crippen molar-refractivity contribution in [1.29, 1.82) is 0 Å². The van der Waals surface area contributed by atoms with Crippen molar-refractivity contribution in [2.45, 2.75) is 0 Å². The molecule has 3 aromatic carbocycles. The Hall–Kier alpha value is -2.69. The van der Waals surface area contributed by atoms with E-state index in [9.17, 15) is 4.79 Å². The van der Waals surface area contributed by atoms with E-state index in [0.717, 1.165) is 11.4 Å². The molecule has 0 heterocycles. The maximum Gasteiger partial charge on any atom is 0.262 e. The van der Waals surface area contributed by atoms with E-state index in [1.165, 1.54) is 0 Å². The third-order valence-corrected chi connectivity index (χ3v) is 4.03. The highest BCUT2D eigenvalue weighted by Crippen LogP contribution is 2.27. The minimum Gasteiger partial charge on any atom is -0.482 e. The summed E-state index contributed by atoms with van der Waals surface area (Å²) in [6, 6.07) is 22.1. The van der Waals surface area contributed by atoms with Gasteiger partial charge in [-0.25, -0.2) is 0 Å². The van der Waals surface area contributed by atoms with Crippen molar-refractivity contribution in [2.75, 3.05) is 17.2 Å². The molecule has 0 aliphatic heterocycles. The van der Waals surface area contributed by atoms with E-state index in [0.29, 0.717) is 21.5 Å². The number of hydrogen-bond donors (Lipinski definition) is 2. The Bertz CT molecular complexity index is 884. The van der Waals surface area contributed by atoms with Crippen LogP contribution in [0.1, 0.15) is 0 Å². The zero-order chi connectivity index (χ0) is 18.4. The molecule has 0 aromatic heterocycles. The summed E-state index contributed by atoms with van der Waals surface area (Å²) in [5, 5.41) is 6.94. The zero-order valence-corrected chi connectivity index (χ0v) is 15.2. The average Bonchev–Trinajstić information content (AvgIpc) is 2.65. The van der Waals surface area contributed by atoms with Gasteiger partial charge in [-0.1, -0.05) is 41.4 Å². The lowest BCUT2D eigenvalue weighted by atomic mass is 10.2. The Balaban J connectivity index is 1.53. The molecule has 3 aromatic rings. The van der Waals surface area contributed by atoms with Gasteiger partial charge in [-0.3, -0.25) is 4.79 Å². The predicted octanol–water partition coefficient (Wildman–Crippen LogP) is 5.75. The molecule has 0 saturated carbocycles. The molecule has 26 heavy (non-hydrogen) atoms. The van der Waals surface area contributed by atoms with Crippen LogP contribution >= 0.6 is 23.2 Å². The first-order valence-corrected chi connectivity index (χ1v) is 8.65. The van der Waals surface area contributed by atoms with Crippen LogP contribution < -0.4 is 15.4 Å². The Labute approximate surface area is 161 Å². The lowest BCUT2D eigenvalue weighted by molar-refractivity contribution is -0.118. The zero-order valence-electron chi connectivity index (χ0n) is 13.7. The number of rotatable bonds is 6. The fraction of sp³-hybridized carbons (Fsp3) is 0.0500. The number of carbonyl (C=O) groups is 1. The van der Waals surface area contributed by atoms with Gasteiger partial charge in [0, 0.05) is 28.2 Å². The third kappa shape index (κ3) is 5.15. The van der Waals surface area contributed by atoms with Gasteiger partial charge >= 0.3 is 0 Å². The molecule has 6 heteroatoms. The molecule has 0 fully saturated rings. The van der Waals surface area contributed by atoms with Crippen LogP contribution in [0, 0.1) is 0 Å². The fourth-order valence-electron chi connectivity index (χ4n) is 2.25. The summed E-state index contributed by atoms with van der Waals surface area (Å²) < 4.78 is 5.41. The van der Waals surface area contributed by atoms with E-state index in [1.54, 1.807) is 18.2 Å². The Kier molecular flexibility index (Phi) is 6.00. The number of anilines is 3. The number of amides is 1. The van der Waals surface area contributed by atoms with Crippen LogP contribution in [0.3, 0.4) is 0 Å². The van der Waals surface area contributed by atoms with Gasteiger partial charge in [0.25, 0.3) is 5.91 Å². The van der Waals surface area contributed by atoms with Crippen molar-refractivity contribution < 1.29 is 9.53 Å².